The van der Waals surface area contributed by atoms with Crippen molar-refractivity contribution in [1.82, 2.24) is 25.8 Å². The van der Waals surface area contributed by atoms with Crippen LogP contribution in [0.15, 0.2) is 35.9 Å². The van der Waals surface area contributed by atoms with Crippen molar-refractivity contribution >= 4 is 40.6 Å². The summed E-state index contributed by atoms with van der Waals surface area (Å²) in [5, 5.41) is 35.0. The highest BCUT2D eigenvalue weighted by Crippen LogP contribution is 2.22. The quantitative estimate of drug-likeness (QED) is 0.0831. The fourth-order valence-electron chi connectivity index (χ4n) is 4.42. The molecule has 1 aromatic carbocycles. The van der Waals surface area contributed by atoms with Crippen LogP contribution in [0.5, 0.6) is 0 Å². The zero-order valence-corrected chi connectivity index (χ0v) is 22.4. The number of carboxylic acid groups (broad SMARTS) is 1. The summed E-state index contributed by atoms with van der Waals surface area (Å²) in [6, 6.07) is 2.67. The highest BCUT2D eigenvalue weighted by atomic mass is 16.4. The number of aromatic nitrogens is 1. The van der Waals surface area contributed by atoms with E-state index < -0.39 is 54.5 Å². The number of carbonyl (C=O) groups excluding carboxylic acids is 3. The Labute approximate surface area is 230 Å². The molecule has 2 aromatic rings. The number of aliphatic hydroxyl groups excluding tert-OH is 1. The van der Waals surface area contributed by atoms with Gasteiger partial charge in [0, 0.05) is 36.1 Å². The molecule has 0 bridgehead atoms. The molecule has 0 fully saturated rings. The van der Waals surface area contributed by atoms with Gasteiger partial charge in [0.25, 0.3) is 0 Å². The average Bonchev–Trinajstić information content (AvgIpc) is 3.51. The van der Waals surface area contributed by atoms with Crippen LogP contribution < -0.4 is 27.4 Å². The van der Waals surface area contributed by atoms with Crippen LogP contribution in [-0.4, -0.2) is 93.6 Å². The Kier molecular flexibility index (Phi) is 9.85. The summed E-state index contributed by atoms with van der Waals surface area (Å²) in [5.41, 5.74) is 14.6. The third-order valence-electron chi connectivity index (χ3n) is 6.81. The first kappa shape index (κ1) is 30.1. The molecule has 0 saturated carbocycles. The van der Waals surface area contributed by atoms with Crippen LogP contribution in [0.3, 0.4) is 0 Å². The van der Waals surface area contributed by atoms with Gasteiger partial charge in [-0.05, 0) is 31.9 Å². The maximum absolute atomic E-state index is 12.7. The van der Waals surface area contributed by atoms with E-state index in [1.54, 1.807) is 4.90 Å². The number of carbonyl (C=O) groups is 4. The lowest BCUT2D eigenvalue weighted by atomic mass is 10.1. The zero-order valence-electron chi connectivity index (χ0n) is 22.4. The van der Waals surface area contributed by atoms with Gasteiger partial charge in [-0.3, -0.25) is 19.8 Å². The third kappa shape index (κ3) is 7.36. The van der Waals surface area contributed by atoms with E-state index >= 15 is 0 Å². The Morgan fingerprint density at radius 2 is 1.75 bits per heavy atom. The number of aliphatic hydroxyl groups is 1. The molecule has 4 atom stereocenters. The molecule has 4 unspecified atom stereocenters. The number of benzene rings is 1. The lowest BCUT2D eigenvalue weighted by Gasteiger charge is -2.23. The van der Waals surface area contributed by atoms with Gasteiger partial charge in [-0.2, -0.15) is 0 Å². The van der Waals surface area contributed by atoms with E-state index in [1.165, 1.54) is 6.92 Å². The number of para-hydroxylation sites is 1. The molecule has 0 spiro atoms. The van der Waals surface area contributed by atoms with E-state index in [4.69, 9.17) is 16.9 Å². The molecule has 0 saturated heterocycles. The Morgan fingerprint density at radius 1 is 1.07 bits per heavy atom. The minimum absolute atomic E-state index is 0.00389. The third-order valence-corrected chi connectivity index (χ3v) is 6.81. The first-order valence-electron chi connectivity index (χ1n) is 12.7. The molecule has 11 N–H and O–H groups in total. The summed E-state index contributed by atoms with van der Waals surface area (Å²) in [5.74, 6) is -3.62. The minimum Gasteiger partial charge on any atom is -0.480 e. The SMILES string of the molecule is Cc1c(CC(NC(=O)C(C)NC(=O)C(CO)NC(=O)C(N)CC2=CCN(C(=N)N)C2)C(=O)O)[nH]c2ccccc12. The van der Waals surface area contributed by atoms with Crippen LogP contribution in [0, 0.1) is 12.3 Å². The summed E-state index contributed by atoms with van der Waals surface area (Å²) in [6.45, 7) is 3.26. The van der Waals surface area contributed by atoms with Crippen LogP contribution in [0.4, 0.5) is 0 Å². The molecule has 2 heterocycles. The molecule has 1 aliphatic heterocycles. The van der Waals surface area contributed by atoms with E-state index in [9.17, 15) is 29.4 Å². The predicted molar refractivity (Wildman–Crippen MR) is 147 cm³/mol. The van der Waals surface area contributed by atoms with Gasteiger partial charge in [-0.15, -0.1) is 0 Å². The van der Waals surface area contributed by atoms with Gasteiger partial charge in [0.05, 0.1) is 12.6 Å². The standard InChI is InChI=1S/C26H36N8O6/c1-13-16-5-3-4-6-18(16)31-19(13)10-20(25(39)40)32-22(36)14(2)30-24(38)21(12-35)33-23(37)17(27)9-15-7-8-34(11-15)26(28)29/h3-7,14,17,20-21,31,35H,8-12,27H2,1-2H3,(H3,28,29)(H,30,38)(H,32,36)(H,33,37)(H,39,40). The second-order valence-electron chi connectivity index (χ2n) is 9.79. The van der Waals surface area contributed by atoms with Gasteiger partial charge in [0.2, 0.25) is 17.7 Å². The number of nitrogens with zero attached hydrogens (tertiary/aromatic N) is 1. The number of carboxylic acids is 1. The van der Waals surface area contributed by atoms with Gasteiger partial charge in [-0.25, -0.2) is 4.79 Å². The Bertz CT molecular complexity index is 1320. The van der Waals surface area contributed by atoms with Crippen molar-refractivity contribution in [3.05, 3.63) is 47.2 Å². The smallest absolute Gasteiger partial charge is 0.326 e. The van der Waals surface area contributed by atoms with E-state index in [2.05, 4.69) is 20.9 Å². The van der Waals surface area contributed by atoms with Crippen LogP contribution in [0.2, 0.25) is 0 Å². The number of H-pyrrole nitrogens is 1. The first-order valence-corrected chi connectivity index (χ1v) is 12.7. The van der Waals surface area contributed by atoms with E-state index in [-0.39, 0.29) is 18.8 Å². The van der Waals surface area contributed by atoms with Crippen molar-refractivity contribution in [2.24, 2.45) is 11.5 Å². The summed E-state index contributed by atoms with van der Waals surface area (Å²) in [6.07, 6.45) is 1.98. The molecule has 3 rings (SSSR count). The number of guanidine groups is 1. The lowest BCUT2D eigenvalue weighted by molar-refractivity contribution is -0.142. The number of aromatic amines is 1. The van der Waals surface area contributed by atoms with Crippen molar-refractivity contribution in [3.8, 4) is 0 Å². The van der Waals surface area contributed by atoms with Crippen molar-refractivity contribution in [3.63, 3.8) is 0 Å². The zero-order chi connectivity index (χ0) is 29.6. The normalized spacial score (nSPS) is 16.0. The van der Waals surface area contributed by atoms with Crippen LogP contribution in [0.1, 0.15) is 24.6 Å². The van der Waals surface area contributed by atoms with Crippen LogP contribution in [0.25, 0.3) is 10.9 Å². The highest BCUT2D eigenvalue weighted by Gasteiger charge is 2.29. The van der Waals surface area contributed by atoms with Crippen molar-refractivity contribution in [2.75, 3.05) is 19.7 Å². The van der Waals surface area contributed by atoms with Gasteiger partial charge >= 0.3 is 5.97 Å². The summed E-state index contributed by atoms with van der Waals surface area (Å²) in [4.78, 5) is 54.6. The van der Waals surface area contributed by atoms with Crippen LogP contribution >= 0.6 is 0 Å². The molecule has 1 aliphatic rings. The summed E-state index contributed by atoms with van der Waals surface area (Å²) in [7, 11) is 0. The number of aliphatic carboxylic acids is 1. The number of amides is 3. The fourth-order valence-corrected chi connectivity index (χ4v) is 4.42. The number of fused-ring (bicyclic) bond motifs is 1. The molecule has 216 valence electrons. The molecule has 40 heavy (non-hydrogen) atoms. The second-order valence-corrected chi connectivity index (χ2v) is 9.79. The second kappa shape index (κ2) is 13.1. The van der Waals surface area contributed by atoms with Gasteiger partial charge < -0.3 is 47.5 Å². The van der Waals surface area contributed by atoms with Crippen LogP contribution in [-0.2, 0) is 25.6 Å². The van der Waals surface area contributed by atoms with E-state index in [0.717, 1.165) is 22.0 Å². The van der Waals surface area contributed by atoms with Gasteiger partial charge in [0.1, 0.15) is 18.1 Å². The number of hydrogen-bond donors (Lipinski definition) is 9. The highest BCUT2D eigenvalue weighted by molar-refractivity contribution is 5.94. The summed E-state index contributed by atoms with van der Waals surface area (Å²) >= 11 is 0. The monoisotopic (exact) mass is 556 g/mol. The lowest BCUT2D eigenvalue weighted by Crippen LogP contribution is -2.57. The molecule has 14 nitrogen and oxygen atoms in total. The van der Waals surface area contributed by atoms with Gasteiger partial charge in [0.15, 0.2) is 5.96 Å². The predicted octanol–water partition coefficient (Wildman–Crippen LogP) is -1.58. The largest absolute Gasteiger partial charge is 0.480 e. The van der Waals surface area contributed by atoms with Crippen molar-refractivity contribution < 1.29 is 29.4 Å². The molecular weight excluding hydrogens is 520 g/mol. The van der Waals surface area contributed by atoms with E-state index in [1.807, 2.05) is 37.3 Å². The van der Waals surface area contributed by atoms with Gasteiger partial charge in [-0.1, -0.05) is 29.8 Å². The number of rotatable bonds is 12. The number of nitrogens with two attached hydrogens (primary N) is 2. The molecule has 0 aliphatic carbocycles. The maximum atomic E-state index is 12.7. The van der Waals surface area contributed by atoms with Crippen molar-refractivity contribution in [2.45, 2.75) is 50.9 Å². The maximum Gasteiger partial charge on any atom is 0.326 e. The molecule has 0 radical (unpaired) electrons. The fraction of sp³-hybridized carbons (Fsp3) is 0.423. The molecular formula is C26H36N8O6. The average molecular weight is 557 g/mol. The minimum atomic E-state index is -1.38. The number of nitrogens with one attached hydrogen (secondary N) is 5. The van der Waals surface area contributed by atoms with E-state index in [0.29, 0.717) is 18.8 Å². The Balaban J connectivity index is 1.54. The Morgan fingerprint density at radius 3 is 2.35 bits per heavy atom. The molecule has 1 aromatic heterocycles. The Hall–Kier alpha value is -4.43. The molecule has 3 amide bonds. The van der Waals surface area contributed by atoms with Crippen molar-refractivity contribution in [1.29, 1.82) is 5.41 Å². The number of aryl methyl sites for hydroxylation is 1. The summed E-state index contributed by atoms with van der Waals surface area (Å²) < 4.78 is 0. The first-order chi connectivity index (χ1) is 18.9. The number of hydrogen-bond acceptors (Lipinski definition) is 7. The molecule has 14 heteroatoms. The topological polar surface area (TPSA) is 240 Å².